The summed E-state index contributed by atoms with van der Waals surface area (Å²) < 4.78 is 15.0. The summed E-state index contributed by atoms with van der Waals surface area (Å²) in [6.07, 6.45) is 4.16. The van der Waals surface area contributed by atoms with Gasteiger partial charge in [-0.3, -0.25) is 4.52 Å². The fraction of sp³-hybridized carbons (Fsp3) is 0.125. The smallest absolute Gasteiger partial charge is 0.290 e. The van der Waals surface area contributed by atoms with Crippen molar-refractivity contribution in [2.75, 3.05) is 0 Å². The SMILES string of the molecule is Cc1ccc(C=Cc2ccc(COP=O)cc2)cc1. The van der Waals surface area contributed by atoms with Crippen LogP contribution in [0, 0.1) is 6.92 Å². The molecule has 0 aliphatic heterocycles. The maximum atomic E-state index is 10.2. The molecule has 0 fully saturated rings. The van der Waals surface area contributed by atoms with Crippen molar-refractivity contribution in [1.82, 2.24) is 0 Å². The van der Waals surface area contributed by atoms with Gasteiger partial charge in [0.15, 0.2) is 0 Å². The first-order valence-corrected chi connectivity index (χ1v) is 6.79. The van der Waals surface area contributed by atoms with E-state index in [0.717, 1.165) is 11.1 Å². The highest BCUT2D eigenvalue weighted by atomic mass is 31.1. The molecule has 0 saturated heterocycles. The van der Waals surface area contributed by atoms with Gasteiger partial charge in [0.25, 0.3) is 0 Å². The van der Waals surface area contributed by atoms with Gasteiger partial charge in [-0.1, -0.05) is 66.2 Å². The van der Waals surface area contributed by atoms with E-state index in [1.165, 1.54) is 11.1 Å². The van der Waals surface area contributed by atoms with Crippen molar-refractivity contribution in [3.8, 4) is 0 Å². The minimum atomic E-state index is -0.279. The quantitative estimate of drug-likeness (QED) is 0.571. The Balaban J connectivity index is 2.02. The molecule has 0 amide bonds. The topological polar surface area (TPSA) is 26.3 Å². The molecule has 96 valence electrons. The zero-order valence-corrected chi connectivity index (χ0v) is 11.6. The second-order valence-corrected chi connectivity index (χ2v) is 4.74. The normalized spacial score (nSPS) is 11.2. The van der Waals surface area contributed by atoms with Gasteiger partial charge in [0.05, 0.1) is 6.61 Å². The van der Waals surface area contributed by atoms with Crippen LogP contribution in [0.4, 0.5) is 0 Å². The van der Waals surface area contributed by atoms with Crippen molar-refractivity contribution in [3.63, 3.8) is 0 Å². The number of benzene rings is 2. The van der Waals surface area contributed by atoms with Gasteiger partial charge in [0.1, 0.15) is 0 Å². The molecule has 0 radical (unpaired) electrons. The molecule has 2 rings (SSSR count). The molecule has 0 aromatic heterocycles. The van der Waals surface area contributed by atoms with Crippen LogP contribution in [-0.4, -0.2) is 0 Å². The van der Waals surface area contributed by atoms with Crippen molar-refractivity contribution in [2.45, 2.75) is 13.5 Å². The molecule has 0 spiro atoms. The van der Waals surface area contributed by atoms with Gasteiger partial charge in [-0.15, -0.1) is 0 Å². The third kappa shape index (κ3) is 4.44. The molecular weight excluding hydrogens is 255 g/mol. The van der Waals surface area contributed by atoms with E-state index in [-0.39, 0.29) is 8.69 Å². The fourth-order valence-electron chi connectivity index (χ4n) is 1.70. The number of hydrogen-bond donors (Lipinski definition) is 0. The summed E-state index contributed by atoms with van der Waals surface area (Å²) in [5, 5.41) is 0. The van der Waals surface area contributed by atoms with Crippen LogP contribution in [0.3, 0.4) is 0 Å². The van der Waals surface area contributed by atoms with Crippen molar-refractivity contribution in [2.24, 2.45) is 0 Å². The Morgan fingerprint density at radius 2 is 1.47 bits per heavy atom. The van der Waals surface area contributed by atoms with Gasteiger partial charge in [0.2, 0.25) is 0 Å². The van der Waals surface area contributed by atoms with E-state index in [1.54, 1.807) is 0 Å². The first-order chi connectivity index (χ1) is 9.28. The second kappa shape index (κ2) is 6.98. The second-order valence-electron chi connectivity index (χ2n) is 4.33. The highest BCUT2D eigenvalue weighted by molar-refractivity contribution is 7.17. The van der Waals surface area contributed by atoms with Gasteiger partial charge in [0, 0.05) is 0 Å². The van der Waals surface area contributed by atoms with E-state index in [9.17, 15) is 4.57 Å². The molecule has 0 atom stereocenters. The Morgan fingerprint density at radius 1 is 0.947 bits per heavy atom. The lowest BCUT2D eigenvalue weighted by Crippen LogP contribution is -1.83. The number of rotatable bonds is 5. The zero-order chi connectivity index (χ0) is 13.5. The van der Waals surface area contributed by atoms with Crippen molar-refractivity contribution in [1.29, 1.82) is 0 Å². The fourth-order valence-corrected chi connectivity index (χ4v) is 1.90. The van der Waals surface area contributed by atoms with E-state index in [1.807, 2.05) is 24.3 Å². The molecule has 0 aliphatic rings. The summed E-state index contributed by atoms with van der Waals surface area (Å²) in [7, 11) is -0.279. The average molecular weight is 270 g/mol. The molecule has 2 aromatic carbocycles. The van der Waals surface area contributed by atoms with Gasteiger partial charge >= 0.3 is 8.69 Å². The van der Waals surface area contributed by atoms with E-state index in [0.29, 0.717) is 6.61 Å². The molecule has 0 saturated carbocycles. The van der Waals surface area contributed by atoms with Crippen LogP contribution >= 0.6 is 8.69 Å². The Morgan fingerprint density at radius 3 is 2.00 bits per heavy atom. The van der Waals surface area contributed by atoms with Gasteiger partial charge in [-0.2, -0.15) is 0 Å². The maximum absolute atomic E-state index is 10.2. The third-order valence-electron chi connectivity index (χ3n) is 2.81. The van der Waals surface area contributed by atoms with E-state index >= 15 is 0 Å². The molecule has 3 heteroatoms. The first-order valence-electron chi connectivity index (χ1n) is 6.06. The molecule has 0 heterocycles. The summed E-state index contributed by atoms with van der Waals surface area (Å²) in [6.45, 7) is 2.45. The Labute approximate surface area is 115 Å². The molecule has 19 heavy (non-hydrogen) atoms. The molecule has 2 nitrogen and oxygen atoms in total. The zero-order valence-electron chi connectivity index (χ0n) is 10.7. The van der Waals surface area contributed by atoms with Crippen LogP contribution in [0.1, 0.15) is 22.3 Å². The molecule has 0 bridgehead atoms. The Kier molecular flexibility index (Phi) is 5.02. The highest BCUT2D eigenvalue weighted by Gasteiger charge is 1.93. The van der Waals surface area contributed by atoms with Crippen LogP contribution in [-0.2, 0) is 15.7 Å². The summed E-state index contributed by atoms with van der Waals surface area (Å²) >= 11 is 0. The van der Waals surface area contributed by atoms with Crippen LogP contribution < -0.4 is 0 Å². The lowest BCUT2D eigenvalue weighted by molar-refractivity contribution is 0.332. The summed E-state index contributed by atoms with van der Waals surface area (Å²) in [5.41, 5.74) is 4.59. The lowest BCUT2D eigenvalue weighted by Gasteiger charge is -1.99. The number of aryl methyl sites for hydroxylation is 1. The summed E-state index contributed by atoms with van der Waals surface area (Å²) in [6, 6.07) is 16.4. The molecule has 0 N–H and O–H groups in total. The van der Waals surface area contributed by atoms with Gasteiger partial charge < -0.3 is 0 Å². The largest absolute Gasteiger partial charge is 0.327 e. The highest BCUT2D eigenvalue weighted by Crippen LogP contribution is 2.12. The molecular formula is C16H15O2P. The van der Waals surface area contributed by atoms with Crippen molar-refractivity contribution < 1.29 is 9.09 Å². The van der Waals surface area contributed by atoms with Crippen molar-refractivity contribution in [3.05, 3.63) is 70.8 Å². The van der Waals surface area contributed by atoms with Gasteiger partial charge in [-0.25, -0.2) is 4.57 Å². The maximum Gasteiger partial charge on any atom is 0.327 e. The monoisotopic (exact) mass is 270 g/mol. The van der Waals surface area contributed by atoms with E-state index < -0.39 is 0 Å². The Bertz CT molecular complexity index is 556. The average Bonchev–Trinajstić information content (AvgIpc) is 2.46. The number of hydrogen-bond acceptors (Lipinski definition) is 2. The van der Waals surface area contributed by atoms with E-state index in [4.69, 9.17) is 4.52 Å². The van der Waals surface area contributed by atoms with Crippen LogP contribution in [0.25, 0.3) is 12.2 Å². The lowest BCUT2D eigenvalue weighted by atomic mass is 10.1. The van der Waals surface area contributed by atoms with Crippen LogP contribution in [0.5, 0.6) is 0 Å². The molecule has 0 unspecified atom stereocenters. The predicted molar refractivity (Wildman–Crippen MR) is 78.9 cm³/mol. The van der Waals surface area contributed by atoms with Crippen LogP contribution in [0.15, 0.2) is 48.5 Å². The minimum absolute atomic E-state index is 0.279. The first kappa shape index (κ1) is 13.7. The standard InChI is InChI=1S/C16H15O2P/c1-13-2-4-14(5-3-13)6-7-15-8-10-16(11-9-15)12-18-19-17/h2-11H,12H2,1H3. The van der Waals surface area contributed by atoms with Gasteiger partial charge in [-0.05, 0) is 23.6 Å². The van der Waals surface area contributed by atoms with E-state index in [2.05, 4.69) is 43.3 Å². The Hall–Kier alpha value is -1.76. The van der Waals surface area contributed by atoms with Crippen LogP contribution in [0.2, 0.25) is 0 Å². The molecule has 0 aliphatic carbocycles. The third-order valence-corrected chi connectivity index (χ3v) is 3.04. The summed E-state index contributed by atoms with van der Waals surface area (Å²) in [4.78, 5) is 0. The minimum Gasteiger partial charge on any atom is -0.290 e. The van der Waals surface area contributed by atoms with Crippen molar-refractivity contribution >= 4 is 20.8 Å². The summed E-state index contributed by atoms with van der Waals surface area (Å²) in [5.74, 6) is 0. The molecule has 2 aromatic rings. The predicted octanol–water partition coefficient (Wildman–Crippen LogP) is 4.89.